The van der Waals surface area contributed by atoms with E-state index in [2.05, 4.69) is 9.85 Å². The number of carbonyl (C=O) groups is 2. The number of thiophene rings is 1. The fourth-order valence-electron chi connectivity index (χ4n) is 1.03. The number of ketones is 1. The second-order valence-corrected chi connectivity index (χ2v) is 4.07. The van der Waals surface area contributed by atoms with Gasteiger partial charge in [0.1, 0.15) is 0 Å². The Morgan fingerprint density at radius 3 is 2.81 bits per heavy atom. The summed E-state index contributed by atoms with van der Waals surface area (Å²) in [5, 5.41) is 4.86. The molecule has 0 saturated carbocycles. The first-order valence-electron chi connectivity index (χ1n) is 4.42. The summed E-state index contributed by atoms with van der Waals surface area (Å²) in [6.45, 7) is 1.75. The molecule has 0 aliphatic rings. The van der Waals surface area contributed by atoms with Crippen LogP contribution in [-0.2, 0) is 9.53 Å². The molecule has 1 heterocycles. The van der Waals surface area contributed by atoms with Crippen LogP contribution in [0.5, 0.6) is 0 Å². The lowest BCUT2D eigenvalue weighted by atomic mass is 10.1. The fraction of sp³-hybridized carbons (Fsp3) is 0.333. The van der Waals surface area contributed by atoms with Crippen LogP contribution in [0.25, 0.3) is 0 Å². The van der Waals surface area contributed by atoms with Gasteiger partial charge in [-0.15, -0.1) is 11.3 Å². The monoisotopic (exact) mass is 260 g/mol. The summed E-state index contributed by atoms with van der Waals surface area (Å²) in [6, 6.07) is 0.0992. The van der Waals surface area contributed by atoms with Crippen LogP contribution in [0.4, 0.5) is 0 Å². The standard InChI is InChI=1S/C9H9ClN2O3S/c1-2-15-9(14)6(12-11)7(13)8-5(10)3-4-16-8/h3-4,6,11H,2H2,1H3. The molecule has 0 aromatic carbocycles. The molecule has 1 aromatic rings. The summed E-state index contributed by atoms with van der Waals surface area (Å²) >= 11 is 6.86. The fourth-order valence-corrected chi connectivity index (χ4v) is 2.15. The lowest BCUT2D eigenvalue weighted by molar-refractivity contribution is -0.143. The highest BCUT2D eigenvalue weighted by atomic mass is 35.5. The van der Waals surface area contributed by atoms with Gasteiger partial charge in [-0.25, -0.2) is 10.3 Å². The molecule has 1 rings (SSSR count). The van der Waals surface area contributed by atoms with Gasteiger partial charge in [-0.05, 0) is 18.4 Å². The van der Waals surface area contributed by atoms with E-state index < -0.39 is 17.8 Å². The number of Topliss-reactive ketones (excluding diaryl/α,β-unsaturated/α-hetero) is 1. The molecular formula is C9H9ClN2O3S. The molecule has 0 amide bonds. The van der Waals surface area contributed by atoms with Gasteiger partial charge in [0.2, 0.25) is 11.8 Å². The number of hydrogen-bond acceptors (Lipinski definition) is 6. The van der Waals surface area contributed by atoms with E-state index in [0.717, 1.165) is 11.3 Å². The van der Waals surface area contributed by atoms with E-state index in [1.54, 1.807) is 18.4 Å². The van der Waals surface area contributed by atoms with Crippen LogP contribution in [0, 0.1) is 5.53 Å². The number of ether oxygens (including phenoxy) is 1. The van der Waals surface area contributed by atoms with Crippen molar-refractivity contribution in [3.63, 3.8) is 0 Å². The Labute approximate surface area is 101 Å². The Kier molecular flexibility index (Phi) is 4.57. The summed E-state index contributed by atoms with van der Waals surface area (Å²) in [5.74, 6) is -1.43. The molecule has 0 fully saturated rings. The Hall–Kier alpha value is -1.27. The van der Waals surface area contributed by atoms with Gasteiger partial charge in [-0.2, -0.15) is 5.11 Å². The number of nitrogens with zero attached hydrogens (tertiary/aromatic N) is 1. The van der Waals surface area contributed by atoms with Crippen molar-refractivity contribution in [1.82, 2.24) is 0 Å². The van der Waals surface area contributed by atoms with Gasteiger partial charge in [-0.1, -0.05) is 11.6 Å². The van der Waals surface area contributed by atoms with E-state index >= 15 is 0 Å². The molecule has 0 bridgehead atoms. The zero-order valence-electron chi connectivity index (χ0n) is 8.40. The van der Waals surface area contributed by atoms with E-state index in [1.165, 1.54) is 0 Å². The van der Waals surface area contributed by atoms with Crippen LogP contribution >= 0.6 is 22.9 Å². The third kappa shape index (κ3) is 2.65. The molecule has 7 heteroatoms. The van der Waals surface area contributed by atoms with Gasteiger partial charge in [0, 0.05) is 0 Å². The van der Waals surface area contributed by atoms with Crippen molar-refractivity contribution in [2.24, 2.45) is 5.11 Å². The quantitative estimate of drug-likeness (QED) is 0.382. The highest BCUT2D eigenvalue weighted by molar-refractivity contribution is 7.12. The van der Waals surface area contributed by atoms with Gasteiger partial charge >= 0.3 is 5.97 Å². The number of halogens is 1. The molecule has 0 aliphatic carbocycles. The van der Waals surface area contributed by atoms with Crippen molar-refractivity contribution in [2.75, 3.05) is 6.61 Å². The molecule has 1 atom stereocenters. The summed E-state index contributed by atoms with van der Waals surface area (Å²) in [5.41, 5.74) is 6.84. The largest absolute Gasteiger partial charge is 0.464 e. The van der Waals surface area contributed by atoms with Crippen molar-refractivity contribution >= 4 is 34.7 Å². The molecule has 0 aliphatic heterocycles. The maximum Gasteiger partial charge on any atom is 0.341 e. The van der Waals surface area contributed by atoms with E-state index in [0.29, 0.717) is 0 Å². The van der Waals surface area contributed by atoms with Gasteiger partial charge in [0.15, 0.2) is 0 Å². The Balaban J connectivity index is 2.90. The highest BCUT2D eigenvalue weighted by Crippen LogP contribution is 2.24. The Morgan fingerprint density at radius 2 is 2.38 bits per heavy atom. The van der Waals surface area contributed by atoms with Gasteiger partial charge in [0.25, 0.3) is 0 Å². The van der Waals surface area contributed by atoms with Crippen molar-refractivity contribution in [3.05, 3.63) is 21.3 Å². The molecule has 1 unspecified atom stereocenters. The van der Waals surface area contributed by atoms with E-state index in [1.807, 2.05) is 0 Å². The van der Waals surface area contributed by atoms with Crippen LogP contribution in [0.1, 0.15) is 16.6 Å². The second kappa shape index (κ2) is 5.72. The van der Waals surface area contributed by atoms with Crippen LogP contribution < -0.4 is 0 Å². The smallest absolute Gasteiger partial charge is 0.341 e. The molecule has 0 saturated heterocycles. The minimum atomic E-state index is -1.45. The van der Waals surface area contributed by atoms with Crippen molar-refractivity contribution < 1.29 is 14.3 Å². The van der Waals surface area contributed by atoms with E-state index in [-0.39, 0.29) is 16.5 Å². The molecule has 0 spiro atoms. The minimum Gasteiger partial charge on any atom is -0.464 e. The van der Waals surface area contributed by atoms with E-state index in [4.69, 9.17) is 17.1 Å². The van der Waals surface area contributed by atoms with Crippen molar-refractivity contribution in [3.8, 4) is 0 Å². The molecular weight excluding hydrogens is 252 g/mol. The topological polar surface area (TPSA) is 79.6 Å². The number of carbonyl (C=O) groups excluding carboxylic acids is 2. The maximum absolute atomic E-state index is 11.8. The SMILES string of the molecule is CCOC(=O)C(N=N)C(=O)c1sccc1Cl. The zero-order chi connectivity index (χ0) is 12.1. The third-order valence-electron chi connectivity index (χ3n) is 1.73. The normalized spacial score (nSPS) is 11.9. The summed E-state index contributed by atoms with van der Waals surface area (Å²) < 4.78 is 4.64. The molecule has 86 valence electrons. The van der Waals surface area contributed by atoms with Crippen LogP contribution in [0.3, 0.4) is 0 Å². The lowest BCUT2D eigenvalue weighted by Crippen LogP contribution is -2.29. The van der Waals surface area contributed by atoms with Gasteiger partial charge < -0.3 is 4.74 Å². The molecule has 1 N–H and O–H groups in total. The second-order valence-electron chi connectivity index (χ2n) is 2.75. The number of hydrogen-bond donors (Lipinski definition) is 1. The van der Waals surface area contributed by atoms with Crippen LogP contribution in [0.2, 0.25) is 5.02 Å². The Morgan fingerprint density at radius 1 is 1.69 bits per heavy atom. The zero-order valence-corrected chi connectivity index (χ0v) is 9.97. The molecule has 0 radical (unpaired) electrons. The van der Waals surface area contributed by atoms with Crippen LogP contribution in [-0.4, -0.2) is 24.4 Å². The summed E-state index contributed by atoms with van der Waals surface area (Å²) in [4.78, 5) is 23.3. The number of rotatable bonds is 5. The molecule has 5 nitrogen and oxygen atoms in total. The predicted octanol–water partition coefficient (Wildman–Crippen LogP) is 2.55. The van der Waals surface area contributed by atoms with Crippen molar-refractivity contribution in [1.29, 1.82) is 5.53 Å². The average Bonchev–Trinajstić information content (AvgIpc) is 2.65. The molecule has 16 heavy (non-hydrogen) atoms. The predicted molar refractivity (Wildman–Crippen MR) is 59.2 cm³/mol. The maximum atomic E-state index is 11.8. The summed E-state index contributed by atoms with van der Waals surface area (Å²) in [7, 11) is 0. The van der Waals surface area contributed by atoms with Crippen molar-refractivity contribution in [2.45, 2.75) is 13.0 Å². The average molecular weight is 261 g/mol. The van der Waals surface area contributed by atoms with Gasteiger partial charge in [0.05, 0.1) is 16.5 Å². The minimum absolute atomic E-state index is 0.135. The molecule has 1 aromatic heterocycles. The Bertz CT molecular complexity index is 419. The first kappa shape index (κ1) is 12.8. The lowest BCUT2D eigenvalue weighted by Gasteiger charge is -2.07. The van der Waals surface area contributed by atoms with Crippen LogP contribution in [0.15, 0.2) is 16.6 Å². The highest BCUT2D eigenvalue weighted by Gasteiger charge is 2.30. The number of esters is 1. The first-order valence-corrected chi connectivity index (χ1v) is 5.68. The first-order chi connectivity index (χ1) is 7.61. The van der Waals surface area contributed by atoms with Gasteiger partial charge in [-0.3, -0.25) is 4.79 Å². The number of nitrogens with one attached hydrogen (secondary N) is 1. The van der Waals surface area contributed by atoms with E-state index in [9.17, 15) is 9.59 Å². The third-order valence-corrected chi connectivity index (χ3v) is 3.08. The summed E-state index contributed by atoms with van der Waals surface area (Å²) in [6.07, 6.45) is 0.